The molecule has 7 nitrogen and oxygen atoms in total. The molecule has 9 heteroatoms. The van der Waals surface area contributed by atoms with E-state index < -0.39 is 21.1 Å². The van der Waals surface area contributed by atoms with Crippen LogP contribution in [0, 0.1) is 27.7 Å². The summed E-state index contributed by atoms with van der Waals surface area (Å²) < 4.78 is 48.6. The minimum Gasteiger partial charge on any atom is -0.744 e. The van der Waals surface area contributed by atoms with Crippen LogP contribution in [0.15, 0.2) is 41.3 Å². The van der Waals surface area contributed by atoms with Crippen LogP contribution in [0.5, 0.6) is 5.75 Å². The number of carbonyl (C=O) groups is 2. The van der Waals surface area contributed by atoms with Crippen molar-refractivity contribution in [1.29, 1.82) is 0 Å². The molecule has 4 aliphatic carbocycles. The van der Waals surface area contributed by atoms with Crippen molar-refractivity contribution < 1.29 is 32.0 Å². The molecule has 0 N–H and O–H groups in total. The number of ether oxygens (including phenoxy) is 2. The molecule has 0 aromatic heterocycles. The second-order valence-corrected chi connectivity index (χ2v) is 14.1. The number of aryl methyl sites for hydroxylation is 1. The number of esters is 2. The molecule has 0 saturated heterocycles. The van der Waals surface area contributed by atoms with Crippen LogP contribution in [0.25, 0.3) is 0 Å². The molecule has 198 valence electrons. The van der Waals surface area contributed by atoms with Crippen molar-refractivity contribution in [2.75, 3.05) is 0 Å². The monoisotopic (exact) mass is 637 g/mol. The number of hydrogen-bond donors (Lipinski definition) is 0. The van der Waals surface area contributed by atoms with E-state index >= 15 is 0 Å². The van der Waals surface area contributed by atoms with Gasteiger partial charge in [-0.3, -0.25) is 4.79 Å². The Labute approximate surface area is 231 Å². The molecular formula is C28H30IO7S-. The van der Waals surface area contributed by atoms with Gasteiger partial charge in [0.05, 0.1) is 15.9 Å². The predicted molar refractivity (Wildman–Crippen MR) is 143 cm³/mol. The van der Waals surface area contributed by atoms with Gasteiger partial charge in [-0.05, 0) is 127 Å². The summed E-state index contributed by atoms with van der Waals surface area (Å²) in [6.45, 7) is 5.21. The molecule has 2 aromatic carbocycles. The zero-order valence-corrected chi connectivity index (χ0v) is 24.1. The van der Waals surface area contributed by atoms with Gasteiger partial charge in [-0.1, -0.05) is 13.8 Å². The molecule has 2 atom stereocenters. The van der Waals surface area contributed by atoms with Crippen molar-refractivity contribution in [3.8, 4) is 5.75 Å². The molecular weight excluding hydrogens is 607 g/mol. The highest BCUT2D eigenvalue weighted by Gasteiger charge is 2.63. The molecule has 2 unspecified atom stereocenters. The van der Waals surface area contributed by atoms with Crippen LogP contribution in [0.2, 0.25) is 0 Å². The fourth-order valence-corrected chi connectivity index (χ4v) is 8.31. The molecule has 4 aliphatic rings. The van der Waals surface area contributed by atoms with E-state index in [1.54, 1.807) is 32.9 Å². The lowest BCUT2D eigenvalue weighted by Gasteiger charge is -2.59. The van der Waals surface area contributed by atoms with Crippen LogP contribution in [-0.4, -0.2) is 30.5 Å². The SMILES string of the molecule is Cc1cc(S(=O)(=O)[O-])c(C(C)C)cc1OC(=O)C12CC3CC(CC(OC(=O)c4ccc(I)cc4)(C3)C1)C2. The van der Waals surface area contributed by atoms with E-state index in [9.17, 15) is 22.6 Å². The van der Waals surface area contributed by atoms with Crippen molar-refractivity contribution in [3.05, 3.63) is 56.7 Å². The third-order valence-corrected chi connectivity index (χ3v) is 9.84. The molecule has 6 rings (SSSR count). The van der Waals surface area contributed by atoms with Gasteiger partial charge in [-0.2, -0.15) is 0 Å². The summed E-state index contributed by atoms with van der Waals surface area (Å²) in [5.41, 5.74) is -0.210. The van der Waals surface area contributed by atoms with E-state index in [-0.39, 0.29) is 40.3 Å². The Morgan fingerprint density at radius 1 is 1.05 bits per heavy atom. The van der Waals surface area contributed by atoms with E-state index in [1.807, 2.05) is 12.1 Å². The van der Waals surface area contributed by atoms with E-state index in [2.05, 4.69) is 22.6 Å². The van der Waals surface area contributed by atoms with Crippen molar-refractivity contribution in [2.24, 2.45) is 17.3 Å². The Bertz CT molecular complexity index is 1350. The summed E-state index contributed by atoms with van der Waals surface area (Å²) in [4.78, 5) is 26.5. The van der Waals surface area contributed by atoms with Gasteiger partial charge < -0.3 is 14.0 Å². The zero-order valence-electron chi connectivity index (χ0n) is 21.1. The number of rotatable bonds is 6. The van der Waals surface area contributed by atoms with Gasteiger partial charge in [0.1, 0.15) is 21.5 Å². The summed E-state index contributed by atoms with van der Waals surface area (Å²) in [6, 6.07) is 10.1. The van der Waals surface area contributed by atoms with Crippen LogP contribution in [0.4, 0.5) is 0 Å². The molecule has 2 aromatic rings. The van der Waals surface area contributed by atoms with Gasteiger partial charge in [-0.15, -0.1) is 0 Å². The first kappa shape index (κ1) is 26.6. The molecule has 0 heterocycles. The number of carbonyl (C=O) groups excluding carboxylic acids is 2. The third-order valence-electron chi connectivity index (χ3n) is 8.23. The summed E-state index contributed by atoms with van der Waals surface area (Å²) in [5, 5.41) is 0. The zero-order chi connectivity index (χ0) is 26.8. The predicted octanol–water partition coefficient (Wildman–Crippen LogP) is 5.73. The number of halogens is 1. The summed E-state index contributed by atoms with van der Waals surface area (Å²) in [6.07, 6.45) is 4.32. The molecule has 4 fully saturated rings. The quantitative estimate of drug-likeness (QED) is 0.172. The standard InChI is InChI=1S/C28H31IO7S/c1-16(2)22-10-23(17(3)8-24(22)37(32,33)34)35-26(31)27-11-18-9-19(12-27)14-28(13-18,15-27)36-25(30)20-4-6-21(29)7-5-20/h4-8,10,16,18-19H,9,11-15H2,1-3H3,(H,32,33,34)/p-1. The molecule has 4 saturated carbocycles. The molecule has 0 radical (unpaired) electrons. The highest BCUT2D eigenvalue weighted by Crippen LogP contribution is 2.63. The lowest BCUT2D eigenvalue weighted by atomic mass is 9.48. The second-order valence-electron chi connectivity index (χ2n) is 11.5. The van der Waals surface area contributed by atoms with Gasteiger partial charge >= 0.3 is 11.9 Å². The molecule has 0 spiro atoms. The Balaban J connectivity index is 1.42. The molecule has 37 heavy (non-hydrogen) atoms. The second kappa shape index (κ2) is 9.34. The minimum atomic E-state index is -4.67. The fraction of sp³-hybridized carbons (Fsp3) is 0.500. The maximum absolute atomic E-state index is 13.8. The smallest absolute Gasteiger partial charge is 0.338 e. The van der Waals surface area contributed by atoms with Gasteiger partial charge in [0.25, 0.3) is 0 Å². The third kappa shape index (κ3) is 5.06. The summed E-state index contributed by atoms with van der Waals surface area (Å²) in [5.74, 6) is -0.167. The average molecular weight is 638 g/mol. The lowest BCUT2D eigenvalue weighted by Crippen LogP contribution is -2.60. The number of hydrogen-bond acceptors (Lipinski definition) is 7. The van der Waals surface area contributed by atoms with E-state index in [0.717, 1.165) is 22.8 Å². The van der Waals surface area contributed by atoms with Crippen molar-refractivity contribution in [3.63, 3.8) is 0 Å². The van der Waals surface area contributed by atoms with Gasteiger partial charge in [0.15, 0.2) is 0 Å². The molecule has 0 aliphatic heterocycles. The Hall–Kier alpha value is -1.98. The fourth-order valence-electron chi connectivity index (χ4n) is 7.04. The Kier molecular flexibility index (Phi) is 6.72. The first-order valence-electron chi connectivity index (χ1n) is 12.6. The maximum atomic E-state index is 13.8. The molecule has 4 bridgehead atoms. The van der Waals surface area contributed by atoms with Crippen molar-refractivity contribution >= 4 is 44.6 Å². The number of benzene rings is 2. The summed E-state index contributed by atoms with van der Waals surface area (Å²) >= 11 is 2.19. The first-order valence-corrected chi connectivity index (χ1v) is 15.1. The van der Waals surface area contributed by atoms with Gasteiger partial charge in [0, 0.05) is 9.99 Å². The minimum absolute atomic E-state index is 0.250. The van der Waals surface area contributed by atoms with Crippen LogP contribution < -0.4 is 4.74 Å². The van der Waals surface area contributed by atoms with Crippen LogP contribution in [-0.2, 0) is 19.6 Å². The lowest BCUT2D eigenvalue weighted by molar-refractivity contribution is -0.189. The highest BCUT2D eigenvalue weighted by atomic mass is 127. The van der Waals surface area contributed by atoms with E-state index in [0.29, 0.717) is 36.0 Å². The molecule has 0 amide bonds. The first-order chi connectivity index (χ1) is 17.3. The Morgan fingerprint density at radius 3 is 2.24 bits per heavy atom. The Morgan fingerprint density at radius 2 is 1.68 bits per heavy atom. The van der Waals surface area contributed by atoms with E-state index in [1.165, 1.54) is 12.1 Å². The van der Waals surface area contributed by atoms with Gasteiger partial charge in [0.2, 0.25) is 0 Å². The average Bonchev–Trinajstić information content (AvgIpc) is 2.78. The van der Waals surface area contributed by atoms with Crippen LogP contribution in [0.1, 0.15) is 79.8 Å². The topological polar surface area (TPSA) is 110 Å². The maximum Gasteiger partial charge on any atom is 0.338 e. The van der Waals surface area contributed by atoms with Gasteiger partial charge in [-0.25, -0.2) is 13.2 Å². The van der Waals surface area contributed by atoms with E-state index in [4.69, 9.17) is 9.47 Å². The largest absolute Gasteiger partial charge is 0.744 e. The van der Waals surface area contributed by atoms with Crippen LogP contribution in [0.3, 0.4) is 0 Å². The van der Waals surface area contributed by atoms with Crippen molar-refractivity contribution in [2.45, 2.75) is 75.7 Å². The summed E-state index contributed by atoms with van der Waals surface area (Å²) in [7, 11) is -4.67. The van der Waals surface area contributed by atoms with Crippen molar-refractivity contribution in [1.82, 2.24) is 0 Å². The van der Waals surface area contributed by atoms with Crippen LogP contribution >= 0.6 is 22.6 Å². The normalized spacial score (nSPS) is 28.4. The highest BCUT2D eigenvalue weighted by molar-refractivity contribution is 14.1.